The standard InChI is InChI=1S/C25H33ClFN5O3/c1-31(9-10-33)23(34)12-17-2-3-21(13-22(17)27)35-11-6-19-14-25(19,28)18-4-7-32(8-5-18)24-29-15-20(26)16-30-24/h2-3,13,15-16,18-19,33H,4-12,14,28H2,1H3. The first-order chi connectivity index (χ1) is 16.8. The number of amides is 1. The van der Waals surface area contributed by atoms with Crippen LogP contribution < -0.4 is 15.4 Å². The summed E-state index contributed by atoms with van der Waals surface area (Å²) >= 11 is 5.88. The molecule has 4 rings (SSSR count). The number of piperidine rings is 1. The summed E-state index contributed by atoms with van der Waals surface area (Å²) in [5.41, 5.74) is 6.90. The van der Waals surface area contributed by atoms with Crippen LogP contribution in [-0.4, -0.2) is 71.3 Å². The first-order valence-corrected chi connectivity index (χ1v) is 12.5. The fourth-order valence-electron chi connectivity index (χ4n) is 4.98. The Balaban J connectivity index is 1.20. The Morgan fingerprint density at radius 1 is 1.34 bits per heavy atom. The van der Waals surface area contributed by atoms with Crippen LogP contribution in [0.15, 0.2) is 30.6 Å². The van der Waals surface area contributed by atoms with E-state index in [1.807, 2.05) is 0 Å². The third-order valence-electron chi connectivity index (χ3n) is 7.31. The molecule has 2 unspecified atom stereocenters. The summed E-state index contributed by atoms with van der Waals surface area (Å²) in [5, 5.41) is 9.46. The monoisotopic (exact) mass is 505 g/mol. The number of hydrogen-bond donors (Lipinski definition) is 2. The molecular weight excluding hydrogens is 473 g/mol. The highest BCUT2D eigenvalue weighted by atomic mass is 35.5. The Morgan fingerprint density at radius 3 is 2.71 bits per heavy atom. The van der Waals surface area contributed by atoms with Gasteiger partial charge in [-0.1, -0.05) is 17.7 Å². The van der Waals surface area contributed by atoms with Gasteiger partial charge in [-0.25, -0.2) is 14.4 Å². The molecule has 2 heterocycles. The molecule has 3 N–H and O–H groups in total. The molecule has 0 radical (unpaired) electrons. The molecule has 1 saturated heterocycles. The summed E-state index contributed by atoms with van der Waals surface area (Å²) < 4.78 is 20.2. The Labute approximate surface area is 210 Å². The van der Waals surface area contributed by atoms with Crippen molar-refractivity contribution in [1.82, 2.24) is 14.9 Å². The molecule has 2 atom stereocenters. The predicted molar refractivity (Wildman–Crippen MR) is 132 cm³/mol. The summed E-state index contributed by atoms with van der Waals surface area (Å²) in [4.78, 5) is 24.3. The van der Waals surface area contributed by atoms with Crippen molar-refractivity contribution in [3.8, 4) is 5.75 Å². The van der Waals surface area contributed by atoms with E-state index < -0.39 is 5.82 Å². The van der Waals surface area contributed by atoms with E-state index in [0.29, 0.717) is 40.7 Å². The van der Waals surface area contributed by atoms with Crippen LogP contribution >= 0.6 is 11.6 Å². The van der Waals surface area contributed by atoms with Gasteiger partial charge in [0.1, 0.15) is 11.6 Å². The number of hydrogen-bond acceptors (Lipinski definition) is 7. The second-order valence-electron chi connectivity index (χ2n) is 9.58. The number of nitrogens with two attached hydrogens (primary N) is 1. The van der Waals surface area contributed by atoms with Crippen LogP contribution in [0.25, 0.3) is 0 Å². The molecule has 1 amide bonds. The Kier molecular flexibility index (Phi) is 8.09. The molecule has 1 aromatic heterocycles. The average Bonchev–Trinajstić information content (AvgIpc) is 3.52. The predicted octanol–water partition coefficient (Wildman–Crippen LogP) is 2.67. The van der Waals surface area contributed by atoms with Crippen molar-refractivity contribution in [3.05, 3.63) is 47.0 Å². The highest BCUT2D eigenvalue weighted by molar-refractivity contribution is 6.30. The van der Waals surface area contributed by atoms with Crippen LogP contribution in [0, 0.1) is 17.7 Å². The van der Waals surface area contributed by atoms with Gasteiger partial charge >= 0.3 is 0 Å². The lowest BCUT2D eigenvalue weighted by Gasteiger charge is -2.35. The number of ether oxygens (including phenoxy) is 1. The molecule has 2 aliphatic rings. The van der Waals surface area contributed by atoms with Crippen LogP contribution in [0.1, 0.15) is 31.2 Å². The van der Waals surface area contributed by atoms with E-state index in [4.69, 9.17) is 27.2 Å². The normalized spacial score (nSPS) is 22.2. The van der Waals surface area contributed by atoms with Crippen molar-refractivity contribution in [2.75, 3.05) is 44.8 Å². The quantitative estimate of drug-likeness (QED) is 0.511. The van der Waals surface area contributed by atoms with E-state index in [2.05, 4.69) is 14.9 Å². The third kappa shape index (κ3) is 6.20. The summed E-state index contributed by atoms with van der Waals surface area (Å²) in [5.74, 6) is 1.29. The number of likely N-dealkylation sites (N-methyl/N-ethyl adjacent to an activating group) is 1. The zero-order chi connectivity index (χ0) is 25.0. The van der Waals surface area contributed by atoms with Gasteiger partial charge in [0.25, 0.3) is 0 Å². The fraction of sp³-hybridized carbons (Fsp3) is 0.560. The topological polar surface area (TPSA) is 105 Å². The van der Waals surface area contributed by atoms with Gasteiger partial charge in [0.15, 0.2) is 0 Å². The zero-order valence-electron chi connectivity index (χ0n) is 20.0. The molecule has 2 aromatic rings. The van der Waals surface area contributed by atoms with Gasteiger partial charge in [0.05, 0.1) is 37.1 Å². The number of rotatable bonds is 10. The van der Waals surface area contributed by atoms with Crippen LogP contribution in [0.5, 0.6) is 5.75 Å². The lowest BCUT2D eigenvalue weighted by Crippen LogP contribution is -2.44. The molecular formula is C25H33ClFN5O3. The van der Waals surface area contributed by atoms with E-state index in [9.17, 15) is 9.18 Å². The largest absolute Gasteiger partial charge is 0.493 e. The second kappa shape index (κ2) is 11.1. The highest BCUT2D eigenvalue weighted by Gasteiger charge is 2.55. The first kappa shape index (κ1) is 25.6. The maximum atomic E-state index is 14.5. The number of nitrogens with zero attached hydrogens (tertiary/aromatic N) is 4. The fourth-order valence-corrected chi connectivity index (χ4v) is 5.07. The summed E-state index contributed by atoms with van der Waals surface area (Å²) in [6.07, 6.45) is 6.99. The first-order valence-electron chi connectivity index (χ1n) is 12.1. The average molecular weight is 506 g/mol. The summed E-state index contributed by atoms with van der Waals surface area (Å²) in [7, 11) is 1.58. The van der Waals surface area contributed by atoms with E-state index in [1.54, 1.807) is 31.6 Å². The number of carbonyl (C=O) groups is 1. The lowest BCUT2D eigenvalue weighted by atomic mass is 9.86. The third-order valence-corrected chi connectivity index (χ3v) is 7.50. The number of aromatic nitrogens is 2. The highest BCUT2D eigenvalue weighted by Crippen LogP contribution is 2.52. The summed E-state index contributed by atoms with van der Waals surface area (Å²) in [6, 6.07) is 4.60. The van der Waals surface area contributed by atoms with Crippen LogP contribution in [0.2, 0.25) is 5.02 Å². The molecule has 0 spiro atoms. The molecule has 1 aliphatic heterocycles. The number of aliphatic hydroxyl groups excluding tert-OH is 1. The van der Waals surface area contributed by atoms with Crippen molar-refractivity contribution < 1.29 is 19.0 Å². The second-order valence-corrected chi connectivity index (χ2v) is 10.0. The number of carbonyl (C=O) groups excluding carboxylic acids is 1. The van der Waals surface area contributed by atoms with Gasteiger partial charge in [-0.3, -0.25) is 4.79 Å². The van der Waals surface area contributed by atoms with E-state index >= 15 is 0 Å². The van der Waals surface area contributed by atoms with Crippen LogP contribution in [-0.2, 0) is 11.2 Å². The Morgan fingerprint density at radius 2 is 2.06 bits per heavy atom. The number of halogens is 2. The zero-order valence-corrected chi connectivity index (χ0v) is 20.8. The lowest BCUT2D eigenvalue weighted by molar-refractivity contribution is -0.129. The molecule has 10 heteroatoms. The van der Waals surface area contributed by atoms with Crippen molar-refractivity contribution in [1.29, 1.82) is 0 Å². The number of aliphatic hydroxyl groups is 1. The number of benzene rings is 1. The molecule has 1 aliphatic carbocycles. The van der Waals surface area contributed by atoms with Gasteiger partial charge in [-0.2, -0.15) is 0 Å². The van der Waals surface area contributed by atoms with Crippen molar-refractivity contribution >= 4 is 23.5 Å². The minimum atomic E-state index is -0.468. The van der Waals surface area contributed by atoms with Gasteiger partial charge in [0, 0.05) is 38.3 Å². The van der Waals surface area contributed by atoms with Crippen molar-refractivity contribution in [3.63, 3.8) is 0 Å². The molecule has 1 aromatic carbocycles. The maximum absolute atomic E-state index is 14.5. The Hall–Kier alpha value is -2.49. The molecule has 190 valence electrons. The van der Waals surface area contributed by atoms with E-state index in [0.717, 1.165) is 38.8 Å². The smallest absolute Gasteiger partial charge is 0.226 e. The van der Waals surface area contributed by atoms with Gasteiger partial charge < -0.3 is 25.4 Å². The molecule has 0 bridgehead atoms. The molecule has 35 heavy (non-hydrogen) atoms. The van der Waals surface area contributed by atoms with Gasteiger partial charge in [-0.15, -0.1) is 0 Å². The van der Waals surface area contributed by atoms with Crippen molar-refractivity contribution in [2.45, 2.75) is 37.6 Å². The van der Waals surface area contributed by atoms with Crippen LogP contribution in [0.3, 0.4) is 0 Å². The van der Waals surface area contributed by atoms with E-state index in [1.165, 1.54) is 11.0 Å². The molecule has 8 nitrogen and oxygen atoms in total. The van der Waals surface area contributed by atoms with Crippen LogP contribution in [0.4, 0.5) is 10.3 Å². The SMILES string of the molecule is CN(CCO)C(=O)Cc1ccc(OCCC2CC2(N)C2CCN(c3ncc(Cl)cn3)CC2)cc1F. The minimum absolute atomic E-state index is 0.0522. The summed E-state index contributed by atoms with van der Waals surface area (Å²) in [6.45, 7) is 2.32. The maximum Gasteiger partial charge on any atom is 0.226 e. The van der Waals surface area contributed by atoms with E-state index in [-0.39, 0.29) is 31.0 Å². The van der Waals surface area contributed by atoms with Gasteiger partial charge in [-0.05, 0) is 49.1 Å². The van der Waals surface area contributed by atoms with Crippen molar-refractivity contribution in [2.24, 2.45) is 17.6 Å². The van der Waals surface area contributed by atoms with Gasteiger partial charge in [0.2, 0.25) is 11.9 Å². The minimum Gasteiger partial charge on any atom is -0.493 e. The molecule has 2 fully saturated rings. The number of anilines is 1. The molecule has 1 saturated carbocycles. The Bertz CT molecular complexity index is 1020.